The van der Waals surface area contributed by atoms with Crippen LogP contribution in [0.3, 0.4) is 0 Å². The quantitative estimate of drug-likeness (QED) is 0.935. The maximum absolute atomic E-state index is 13.1. The molecule has 2 N–H and O–H groups in total. The number of benzene rings is 1. The third-order valence-electron chi connectivity index (χ3n) is 3.21. The van der Waals surface area contributed by atoms with Gasteiger partial charge >= 0.3 is 6.18 Å². The number of nitrogens with two attached hydrogens (primary N) is 1. The Kier molecular flexibility index (Phi) is 3.74. The predicted molar refractivity (Wildman–Crippen MR) is 71.7 cm³/mol. The molecule has 0 fully saturated rings. The summed E-state index contributed by atoms with van der Waals surface area (Å²) in [7, 11) is 0. The Morgan fingerprint density at radius 3 is 2.35 bits per heavy atom. The molecule has 0 aliphatic heterocycles. The van der Waals surface area contributed by atoms with Crippen LogP contribution in [0.15, 0.2) is 24.3 Å². The molecule has 6 heteroatoms. The molecule has 1 heterocycles. The summed E-state index contributed by atoms with van der Waals surface area (Å²) in [6, 6.07) is 5.39. The Morgan fingerprint density at radius 2 is 1.80 bits per heavy atom. The minimum absolute atomic E-state index is 0.0169. The van der Waals surface area contributed by atoms with Crippen molar-refractivity contribution in [3.63, 3.8) is 0 Å². The number of para-hydroxylation sites is 1. The van der Waals surface area contributed by atoms with Crippen LogP contribution in [0.25, 0.3) is 5.69 Å². The maximum atomic E-state index is 13.1. The topological polar surface area (TPSA) is 43.8 Å². The second-order valence-electron chi connectivity index (χ2n) is 4.44. The first-order valence-corrected chi connectivity index (χ1v) is 6.43. The Morgan fingerprint density at radius 1 is 1.15 bits per heavy atom. The molecule has 1 aromatic heterocycles. The smallest absolute Gasteiger partial charge is 0.396 e. The number of halogens is 3. The van der Waals surface area contributed by atoms with Crippen molar-refractivity contribution in [1.29, 1.82) is 0 Å². The molecule has 0 amide bonds. The molecule has 0 aliphatic rings. The first-order valence-electron chi connectivity index (χ1n) is 6.43. The fourth-order valence-electron chi connectivity index (χ4n) is 2.21. The van der Waals surface area contributed by atoms with Crippen molar-refractivity contribution in [2.24, 2.45) is 0 Å². The first-order chi connectivity index (χ1) is 9.40. The predicted octanol–water partition coefficient (Wildman–Crippen LogP) is 3.60. The molecule has 3 nitrogen and oxygen atoms in total. The monoisotopic (exact) mass is 283 g/mol. The largest absolute Gasteiger partial charge is 0.418 e. The molecule has 0 atom stereocenters. The highest BCUT2D eigenvalue weighted by molar-refractivity contribution is 5.54. The zero-order valence-electron chi connectivity index (χ0n) is 11.3. The molecule has 0 unspecified atom stereocenters. The SMILES string of the molecule is CCc1nn(-c2ccccc2C(F)(F)F)c(CC)c1N. The zero-order valence-corrected chi connectivity index (χ0v) is 11.3. The highest BCUT2D eigenvalue weighted by Gasteiger charge is 2.34. The van der Waals surface area contributed by atoms with Gasteiger partial charge in [-0.25, -0.2) is 4.68 Å². The van der Waals surface area contributed by atoms with E-state index in [2.05, 4.69) is 5.10 Å². The third-order valence-corrected chi connectivity index (χ3v) is 3.21. The van der Waals surface area contributed by atoms with Crippen molar-refractivity contribution in [1.82, 2.24) is 9.78 Å². The van der Waals surface area contributed by atoms with E-state index in [0.29, 0.717) is 29.9 Å². The number of alkyl halides is 3. The van der Waals surface area contributed by atoms with Crippen LogP contribution in [-0.4, -0.2) is 9.78 Å². The van der Waals surface area contributed by atoms with Gasteiger partial charge in [-0.2, -0.15) is 18.3 Å². The first kappa shape index (κ1) is 14.4. The van der Waals surface area contributed by atoms with Gasteiger partial charge in [-0.15, -0.1) is 0 Å². The normalized spacial score (nSPS) is 11.8. The number of aromatic nitrogens is 2. The van der Waals surface area contributed by atoms with E-state index in [1.165, 1.54) is 16.8 Å². The lowest BCUT2D eigenvalue weighted by molar-refractivity contribution is -0.137. The van der Waals surface area contributed by atoms with Crippen LogP contribution in [0.1, 0.15) is 30.8 Å². The highest BCUT2D eigenvalue weighted by atomic mass is 19.4. The molecular weight excluding hydrogens is 267 g/mol. The van der Waals surface area contributed by atoms with E-state index in [9.17, 15) is 13.2 Å². The summed E-state index contributed by atoms with van der Waals surface area (Å²) in [6.07, 6.45) is -3.32. The van der Waals surface area contributed by atoms with Gasteiger partial charge in [0.1, 0.15) is 0 Å². The van der Waals surface area contributed by atoms with E-state index in [0.717, 1.165) is 6.07 Å². The Bertz CT molecular complexity index is 615. The van der Waals surface area contributed by atoms with Gasteiger partial charge in [0.05, 0.1) is 28.3 Å². The average molecular weight is 283 g/mol. The Hall–Kier alpha value is -1.98. The Balaban J connectivity index is 2.69. The molecular formula is C14H16F3N3. The van der Waals surface area contributed by atoms with Crippen molar-refractivity contribution in [3.8, 4) is 5.69 Å². The minimum Gasteiger partial charge on any atom is -0.396 e. The summed E-state index contributed by atoms with van der Waals surface area (Å²) in [6.45, 7) is 3.72. The second kappa shape index (κ2) is 5.19. The minimum atomic E-state index is -4.42. The van der Waals surface area contributed by atoms with Crippen LogP contribution in [0.4, 0.5) is 18.9 Å². The lowest BCUT2D eigenvalue weighted by Gasteiger charge is -2.14. The Labute approximate surface area is 115 Å². The number of anilines is 1. The number of nitrogen functional groups attached to an aromatic ring is 1. The summed E-state index contributed by atoms with van der Waals surface area (Å²) in [5.41, 5.74) is 6.98. The van der Waals surface area contributed by atoms with Gasteiger partial charge in [-0.05, 0) is 25.0 Å². The van der Waals surface area contributed by atoms with Crippen molar-refractivity contribution < 1.29 is 13.2 Å². The standard InChI is InChI=1S/C14H16F3N3/c1-3-10-13(18)11(4-2)20(19-10)12-8-6-5-7-9(12)14(15,16)17/h5-8H,3-4,18H2,1-2H3. The molecule has 0 bridgehead atoms. The van der Waals surface area contributed by atoms with Gasteiger partial charge in [0.15, 0.2) is 0 Å². The third kappa shape index (κ3) is 2.37. The summed E-state index contributed by atoms with van der Waals surface area (Å²) in [4.78, 5) is 0. The number of hydrogen-bond acceptors (Lipinski definition) is 2. The van der Waals surface area contributed by atoms with Gasteiger partial charge in [0.25, 0.3) is 0 Å². The van der Waals surface area contributed by atoms with Crippen molar-refractivity contribution in [2.75, 3.05) is 5.73 Å². The van der Waals surface area contributed by atoms with Gasteiger partial charge in [0, 0.05) is 0 Å². The van der Waals surface area contributed by atoms with E-state index in [1.807, 2.05) is 13.8 Å². The van der Waals surface area contributed by atoms with Crippen molar-refractivity contribution in [2.45, 2.75) is 32.9 Å². The van der Waals surface area contributed by atoms with Crippen LogP contribution >= 0.6 is 0 Å². The molecule has 0 aliphatic carbocycles. The molecule has 0 saturated carbocycles. The number of nitrogens with zero attached hydrogens (tertiary/aromatic N) is 2. The van der Waals surface area contributed by atoms with Crippen LogP contribution in [0.5, 0.6) is 0 Å². The molecule has 2 rings (SSSR count). The van der Waals surface area contributed by atoms with Crippen LogP contribution in [0, 0.1) is 0 Å². The fraction of sp³-hybridized carbons (Fsp3) is 0.357. The molecule has 1 aromatic carbocycles. The summed E-state index contributed by atoms with van der Waals surface area (Å²) >= 11 is 0. The molecule has 0 radical (unpaired) electrons. The van der Waals surface area contributed by atoms with E-state index in [4.69, 9.17) is 5.73 Å². The van der Waals surface area contributed by atoms with Crippen LogP contribution in [0.2, 0.25) is 0 Å². The maximum Gasteiger partial charge on any atom is 0.418 e. The van der Waals surface area contributed by atoms with Crippen LogP contribution < -0.4 is 5.73 Å². The number of hydrogen-bond donors (Lipinski definition) is 1. The zero-order chi connectivity index (χ0) is 14.9. The van der Waals surface area contributed by atoms with Crippen molar-refractivity contribution in [3.05, 3.63) is 41.2 Å². The van der Waals surface area contributed by atoms with Gasteiger partial charge in [-0.3, -0.25) is 0 Å². The summed E-state index contributed by atoms with van der Waals surface area (Å²) in [5.74, 6) is 0. The molecule has 0 spiro atoms. The van der Waals surface area contributed by atoms with Crippen molar-refractivity contribution >= 4 is 5.69 Å². The molecule has 2 aromatic rings. The second-order valence-corrected chi connectivity index (χ2v) is 4.44. The van der Waals surface area contributed by atoms with Crippen LogP contribution in [-0.2, 0) is 19.0 Å². The van der Waals surface area contributed by atoms with E-state index < -0.39 is 11.7 Å². The van der Waals surface area contributed by atoms with E-state index in [-0.39, 0.29) is 5.69 Å². The van der Waals surface area contributed by atoms with Gasteiger partial charge in [0.2, 0.25) is 0 Å². The molecule has 20 heavy (non-hydrogen) atoms. The molecule has 0 saturated heterocycles. The van der Waals surface area contributed by atoms with E-state index >= 15 is 0 Å². The average Bonchev–Trinajstić information content (AvgIpc) is 2.74. The molecule has 108 valence electrons. The fourth-order valence-corrected chi connectivity index (χ4v) is 2.21. The summed E-state index contributed by atoms with van der Waals surface area (Å²) in [5, 5.41) is 4.24. The van der Waals surface area contributed by atoms with Gasteiger partial charge in [-0.1, -0.05) is 26.0 Å². The summed E-state index contributed by atoms with van der Waals surface area (Å²) < 4.78 is 40.6. The number of rotatable bonds is 3. The lowest BCUT2D eigenvalue weighted by Crippen LogP contribution is -2.13. The highest BCUT2D eigenvalue weighted by Crippen LogP contribution is 2.35. The number of aryl methyl sites for hydroxylation is 1. The van der Waals surface area contributed by atoms with E-state index in [1.54, 1.807) is 6.07 Å². The van der Waals surface area contributed by atoms with Gasteiger partial charge < -0.3 is 5.73 Å². The lowest BCUT2D eigenvalue weighted by atomic mass is 10.1.